The number of hydrogen-bond donors (Lipinski definition) is 1. The van der Waals surface area contributed by atoms with Crippen LogP contribution in [-0.4, -0.2) is 34.2 Å². The van der Waals surface area contributed by atoms with Crippen LogP contribution in [0.25, 0.3) is 10.6 Å². The summed E-state index contributed by atoms with van der Waals surface area (Å²) in [6.45, 7) is 3.08. The lowest BCUT2D eigenvalue weighted by molar-refractivity contribution is 0.123. The Morgan fingerprint density at radius 2 is 2.05 bits per heavy atom. The van der Waals surface area contributed by atoms with Gasteiger partial charge < -0.3 is 5.11 Å². The standard InChI is InChI=1S/C17H20N2OS/c20-16-7-6-13-8-19(10-15(13)16)9-14-11-21-17(18-14)12-4-2-1-3-5-12/h1-5,11,13,15-16,20H,6-10H2. The first-order chi connectivity index (χ1) is 10.3. The van der Waals surface area contributed by atoms with Crippen LogP contribution in [0.3, 0.4) is 0 Å². The molecule has 2 heterocycles. The van der Waals surface area contributed by atoms with Crippen molar-refractivity contribution in [2.45, 2.75) is 25.5 Å². The molecular weight excluding hydrogens is 280 g/mol. The average molecular weight is 300 g/mol. The molecule has 3 unspecified atom stereocenters. The maximum absolute atomic E-state index is 10.00. The average Bonchev–Trinajstić information content (AvgIpc) is 3.19. The number of nitrogens with zero attached hydrogens (tertiary/aromatic N) is 2. The minimum absolute atomic E-state index is 0.0738. The quantitative estimate of drug-likeness (QED) is 0.946. The summed E-state index contributed by atoms with van der Waals surface area (Å²) in [5.41, 5.74) is 2.36. The smallest absolute Gasteiger partial charge is 0.123 e. The summed E-state index contributed by atoms with van der Waals surface area (Å²) >= 11 is 1.72. The van der Waals surface area contributed by atoms with E-state index < -0.39 is 0 Å². The van der Waals surface area contributed by atoms with E-state index in [9.17, 15) is 5.11 Å². The van der Waals surface area contributed by atoms with E-state index in [1.54, 1.807) is 11.3 Å². The van der Waals surface area contributed by atoms with Crippen LogP contribution in [0.1, 0.15) is 18.5 Å². The molecular formula is C17H20N2OS. The van der Waals surface area contributed by atoms with Gasteiger partial charge in [-0.05, 0) is 18.8 Å². The van der Waals surface area contributed by atoms with E-state index in [0.717, 1.165) is 36.8 Å². The zero-order valence-corrected chi connectivity index (χ0v) is 12.8. The largest absolute Gasteiger partial charge is 0.393 e. The molecule has 1 aromatic carbocycles. The van der Waals surface area contributed by atoms with Crippen LogP contribution < -0.4 is 0 Å². The second-order valence-electron chi connectivity index (χ2n) is 6.27. The molecule has 21 heavy (non-hydrogen) atoms. The third-order valence-corrected chi connectivity index (χ3v) is 5.79. The number of thiazole rings is 1. The topological polar surface area (TPSA) is 36.4 Å². The lowest BCUT2D eigenvalue weighted by Gasteiger charge is -2.16. The van der Waals surface area contributed by atoms with E-state index in [1.165, 1.54) is 12.0 Å². The van der Waals surface area contributed by atoms with Gasteiger partial charge in [-0.3, -0.25) is 4.90 Å². The monoisotopic (exact) mass is 300 g/mol. The Balaban J connectivity index is 1.44. The molecule has 1 aromatic heterocycles. The summed E-state index contributed by atoms with van der Waals surface area (Å²) in [6.07, 6.45) is 2.11. The number of fused-ring (bicyclic) bond motifs is 1. The summed E-state index contributed by atoms with van der Waals surface area (Å²) in [7, 11) is 0. The highest BCUT2D eigenvalue weighted by Gasteiger charge is 2.41. The molecule has 3 atom stereocenters. The van der Waals surface area contributed by atoms with E-state index in [0.29, 0.717) is 11.8 Å². The maximum Gasteiger partial charge on any atom is 0.123 e. The minimum Gasteiger partial charge on any atom is -0.393 e. The molecule has 1 saturated carbocycles. The maximum atomic E-state index is 10.00. The number of likely N-dealkylation sites (tertiary alicyclic amines) is 1. The first-order valence-corrected chi connectivity index (χ1v) is 8.58. The molecule has 4 heteroatoms. The number of benzene rings is 1. The van der Waals surface area contributed by atoms with Crippen LogP contribution in [0.2, 0.25) is 0 Å². The van der Waals surface area contributed by atoms with Crippen molar-refractivity contribution in [3.63, 3.8) is 0 Å². The molecule has 2 fully saturated rings. The zero-order chi connectivity index (χ0) is 14.2. The van der Waals surface area contributed by atoms with Gasteiger partial charge in [-0.15, -0.1) is 11.3 Å². The van der Waals surface area contributed by atoms with Crippen molar-refractivity contribution in [1.29, 1.82) is 0 Å². The zero-order valence-electron chi connectivity index (χ0n) is 12.0. The van der Waals surface area contributed by atoms with Gasteiger partial charge in [0.2, 0.25) is 0 Å². The highest BCUT2D eigenvalue weighted by molar-refractivity contribution is 7.13. The highest BCUT2D eigenvalue weighted by Crippen LogP contribution is 2.38. The Bertz CT molecular complexity index is 612. The fourth-order valence-electron chi connectivity index (χ4n) is 3.78. The Hall–Kier alpha value is -1.23. The van der Waals surface area contributed by atoms with E-state index in [4.69, 9.17) is 4.98 Å². The van der Waals surface area contributed by atoms with Gasteiger partial charge in [-0.2, -0.15) is 0 Å². The number of aromatic nitrogens is 1. The number of hydrogen-bond acceptors (Lipinski definition) is 4. The van der Waals surface area contributed by atoms with Crippen LogP contribution >= 0.6 is 11.3 Å². The van der Waals surface area contributed by atoms with Gasteiger partial charge in [0.15, 0.2) is 0 Å². The molecule has 1 saturated heterocycles. The number of aliphatic hydroxyl groups is 1. The molecule has 1 aliphatic carbocycles. The molecule has 0 bridgehead atoms. The van der Waals surface area contributed by atoms with Gasteiger partial charge in [-0.25, -0.2) is 4.98 Å². The Morgan fingerprint density at radius 3 is 2.86 bits per heavy atom. The highest BCUT2D eigenvalue weighted by atomic mass is 32.1. The molecule has 4 rings (SSSR count). The first kappa shape index (κ1) is 13.4. The third kappa shape index (κ3) is 2.63. The normalized spacial score (nSPS) is 28.9. The van der Waals surface area contributed by atoms with Crippen molar-refractivity contribution in [3.8, 4) is 10.6 Å². The second-order valence-corrected chi connectivity index (χ2v) is 7.13. The van der Waals surface area contributed by atoms with Crippen molar-refractivity contribution in [3.05, 3.63) is 41.4 Å². The van der Waals surface area contributed by atoms with Crippen molar-refractivity contribution in [2.24, 2.45) is 11.8 Å². The van der Waals surface area contributed by atoms with E-state index in [2.05, 4.69) is 34.5 Å². The van der Waals surface area contributed by atoms with Crippen LogP contribution in [0.4, 0.5) is 0 Å². The van der Waals surface area contributed by atoms with Crippen molar-refractivity contribution in [2.75, 3.05) is 13.1 Å². The molecule has 1 aliphatic heterocycles. The Kier molecular flexibility index (Phi) is 3.53. The lowest BCUT2D eigenvalue weighted by atomic mass is 10.00. The summed E-state index contributed by atoms with van der Waals surface area (Å²) in [4.78, 5) is 7.23. The summed E-state index contributed by atoms with van der Waals surface area (Å²) in [5.74, 6) is 1.20. The first-order valence-electron chi connectivity index (χ1n) is 7.70. The minimum atomic E-state index is -0.0738. The van der Waals surface area contributed by atoms with Crippen molar-refractivity contribution < 1.29 is 5.11 Å². The molecule has 2 aromatic rings. The van der Waals surface area contributed by atoms with Crippen LogP contribution in [-0.2, 0) is 6.54 Å². The summed E-state index contributed by atoms with van der Waals surface area (Å²) in [5, 5.41) is 13.3. The van der Waals surface area contributed by atoms with Gasteiger partial charge in [0, 0.05) is 36.5 Å². The summed E-state index contributed by atoms with van der Waals surface area (Å²) < 4.78 is 0. The molecule has 0 radical (unpaired) electrons. The fraction of sp³-hybridized carbons (Fsp3) is 0.471. The fourth-order valence-corrected chi connectivity index (χ4v) is 4.60. The molecule has 0 amide bonds. The third-order valence-electron chi connectivity index (χ3n) is 4.85. The van der Waals surface area contributed by atoms with Gasteiger partial charge in [0.1, 0.15) is 5.01 Å². The second kappa shape index (κ2) is 5.52. The Morgan fingerprint density at radius 1 is 1.19 bits per heavy atom. The predicted octanol–water partition coefficient (Wildman–Crippen LogP) is 3.01. The lowest BCUT2D eigenvalue weighted by Crippen LogP contribution is -2.24. The van der Waals surface area contributed by atoms with Crippen LogP contribution in [0.15, 0.2) is 35.7 Å². The number of aliphatic hydroxyl groups excluding tert-OH is 1. The van der Waals surface area contributed by atoms with Gasteiger partial charge in [0.05, 0.1) is 11.8 Å². The molecule has 3 nitrogen and oxygen atoms in total. The van der Waals surface area contributed by atoms with Crippen LogP contribution in [0.5, 0.6) is 0 Å². The molecule has 0 spiro atoms. The van der Waals surface area contributed by atoms with Crippen LogP contribution in [0, 0.1) is 11.8 Å². The molecule has 110 valence electrons. The number of rotatable bonds is 3. The Labute approximate surface area is 129 Å². The summed E-state index contributed by atoms with van der Waals surface area (Å²) in [6, 6.07) is 10.4. The predicted molar refractivity (Wildman–Crippen MR) is 85.0 cm³/mol. The van der Waals surface area contributed by atoms with Crippen molar-refractivity contribution >= 4 is 11.3 Å². The van der Waals surface area contributed by atoms with Gasteiger partial charge >= 0.3 is 0 Å². The van der Waals surface area contributed by atoms with E-state index in [-0.39, 0.29) is 6.10 Å². The van der Waals surface area contributed by atoms with Crippen molar-refractivity contribution in [1.82, 2.24) is 9.88 Å². The van der Waals surface area contributed by atoms with Gasteiger partial charge in [-0.1, -0.05) is 30.3 Å². The SMILES string of the molecule is OC1CCC2CN(Cc3csc(-c4ccccc4)n3)CC12. The molecule has 2 aliphatic rings. The van der Waals surface area contributed by atoms with Gasteiger partial charge in [0.25, 0.3) is 0 Å². The van der Waals surface area contributed by atoms with E-state index >= 15 is 0 Å². The van der Waals surface area contributed by atoms with E-state index in [1.807, 2.05) is 6.07 Å². The molecule has 1 N–H and O–H groups in total.